The lowest BCUT2D eigenvalue weighted by molar-refractivity contribution is 1.09. The van der Waals surface area contributed by atoms with E-state index in [1.54, 1.807) is 6.20 Å². The Morgan fingerprint density at radius 1 is 1.24 bits per heavy atom. The molecular formula is C13H10ClN3. The molecular weight excluding hydrogens is 234 g/mol. The molecule has 0 aliphatic rings. The SMILES string of the molecule is N#Cc1ncccc1CNc1ccc(Cl)cc1. The van der Waals surface area contributed by atoms with Gasteiger partial charge in [-0.15, -0.1) is 0 Å². The van der Waals surface area contributed by atoms with Crippen molar-refractivity contribution in [2.24, 2.45) is 0 Å². The van der Waals surface area contributed by atoms with Crippen LogP contribution in [0.3, 0.4) is 0 Å². The van der Waals surface area contributed by atoms with Gasteiger partial charge in [-0.2, -0.15) is 5.26 Å². The molecule has 0 spiro atoms. The van der Waals surface area contributed by atoms with Crippen LogP contribution in [0.2, 0.25) is 5.02 Å². The first-order valence-corrected chi connectivity index (χ1v) is 5.51. The molecule has 0 fully saturated rings. The molecule has 84 valence electrons. The molecule has 0 amide bonds. The summed E-state index contributed by atoms with van der Waals surface area (Å²) in [6.45, 7) is 0.568. The van der Waals surface area contributed by atoms with Gasteiger partial charge in [-0.05, 0) is 30.3 Å². The molecule has 0 bridgehead atoms. The van der Waals surface area contributed by atoms with Crippen molar-refractivity contribution < 1.29 is 0 Å². The largest absolute Gasteiger partial charge is 0.381 e. The first-order chi connectivity index (χ1) is 8.29. The van der Waals surface area contributed by atoms with Crippen LogP contribution in [-0.2, 0) is 6.54 Å². The molecule has 0 atom stereocenters. The highest BCUT2D eigenvalue weighted by Gasteiger charge is 2.01. The number of hydrogen-bond acceptors (Lipinski definition) is 3. The summed E-state index contributed by atoms with van der Waals surface area (Å²) in [7, 11) is 0. The van der Waals surface area contributed by atoms with E-state index in [2.05, 4.69) is 16.4 Å². The van der Waals surface area contributed by atoms with Crippen LogP contribution in [0.15, 0.2) is 42.6 Å². The van der Waals surface area contributed by atoms with Crippen molar-refractivity contribution in [3.63, 3.8) is 0 Å². The highest BCUT2D eigenvalue weighted by Crippen LogP contribution is 2.14. The quantitative estimate of drug-likeness (QED) is 0.901. The number of anilines is 1. The van der Waals surface area contributed by atoms with E-state index in [0.717, 1.165) is 11.3 Å². The van der Waals surface area contributed by atoms with Gasteiger partial charge in [-0.3, -0.25) is 0 Å². The first-order valence-electron chi connectivity index (χ1n) is 5.13. The highest BCUT2D eigenvalue weighted by molar-refractivity contribution is 6.30. The van der Waals surface area contributed by atoms with Crippen LogP contribution in [0, 0.1) is 11.3 Å². The summed E-state index contributed by atoms with van der Waals surface area (Å²) in [6.07, 6.45) is 1.62. The molecule has 0 radical (unpaired) electrons. The van der Waals surface area contributed by atoms with E-state index >= 15 is 0 Å². The minimum absolute atomic E-state index is 0.453. The molecule has 0 saturated carbocycles. The van der Waals surface area contributed by atoms with E-state index in [1.165, 1.54) is 0 Å². The van der Waals surface area contributed by atoms with Crippen LogP contribution in [0.1, 0.15) is 11.3 Å². The van der Waals surface area contributed by atoms with Crippen molar-refractivity contribution in [3.8, 4) is 6.07 Å². The van der Waals surface area contributed by atoms with Gasteiger partial charge in [-0.25, -0.2) is 4.98 Å². The molecule has 0 saturated heterocycles. The number of aromatic nitrogens is 1. The molecule has 3 nitrogen and oxygen atoms in total. The lowest BCUT2D eigenvalue weighted by atomic mass is 10.2. The van der Waals surface area contributed by atoms with Crippen molar-refractivity contribution in [1.82, 2.24) is 4.98 Å². The predicted octanol–water partition coefficient (Wildman–Crippen LogP) is 3.22. The van der Waals surface area contributed by atoms with Crippen LogP contribution in [0.25, 0.3) is 0 Å². The summed E-state index contributed by atoms with van der Waals surface area (Å²) >= 11 is 5.80. The Balaban J connectivity index is 2.08. The number of hydrogen-bond donors (Lipinski definition) is 1. The van der Waals surface area contributed by atoms with Gasteiger partial charge in [0.1, 0.15) is 11.8 Å². The van der Waals surface area contributed by atoms with E-state index in [0.29, 0.717) is 17.3 Å². The number of benzene rings is 1. The van der Waals surface area contributed by atoms with Gasteiger partial charge in [-0.1, -0.05) is 17.7 Å². The molecule has 0 aliphatic heterocycles. The van der Waals surface area contributed by atoms with E-state index < -0.39 is 0 Å². The molecule has 17 heavy (non-hydrogen) atoms. The summed E-state index contributed by atoms with van der Waals surface area (Å²) in [4.78, 5) is 4.00. The first kappa shape index (κ1) is 11.4. The van der Waals surface area contributed by atoms with E-state index in [1.807, 2.05) is 36.4 Å². The summed E-state index contributed by atoms with van der Waals surface area (Å²) in [6, 6.07) is 13.2. The van der Waals surface area contributed by atoms with E-state index in [9.17, 15) is 0 Å². The average Bonchev–Trinajstić information content (AvgIpc) is 2.38. The zero-order valence-electron chi connectivity index (χ0n) is 9.02. The Kier molecular flexibility index (Phi) is 3.59. The molecule has 0 aliphatic carbocycles. The third-order valence-electron chi connectivity index (χ3n) is 2.32. The second kappa shape index (κ2) is 5.33. The number of nitriles is 1. The van der Waals surface area contributed by atoms with Gasteiger partial charge in [0.25, 0.3) is 0 Å². The van der Waals surface area contributed by atoms with Crippen LogP contribution in [0.5, 0.6) is 0 Å². The van der Waals surface area contributed by atoms with Crippen molar-refractivity contribution in [1.29, 1.82) is 5.26 Å². The maximum absolute atomic E-state index is 8.89. The highest BCUT2D eigenvalue weighted by atomic mass is 35.5. The van der Waals surface area contributed by atoms with Crippen LogP contribution < -0.4 is 5.32 Å². The van der Waals surface area contributed by atoms with Crippen LogP contribution >= 0.6 is 11.6 Å². The Morgan fingerprint density at radius 2 is 2.00 bits per heavy atom. The molecule has 2 rings (SSSR count). The van der Waals surface area contributed by atoms with Crippen molar-refractivity contribution in [3.05, 3.63) is 58.9 Å². The Labute approximate surface area is 105 Å². The minimum atomic E-state index is 0.453. The Bertz CT molecular complexity index is 543. The topological polar surface area (TPSA) is 48.7 Å². The number of nitrogens with zero attached hydrogens (tertiary/aromatic N) is 2. The molecule has 1 aromatic heterocycles. The smallest absolute Gasteiger partial charge is 0.145 e. The Hall–Kier alpha value is -2.05. The lowest BCUT2D eigenvalue weighted by Crippen LogP contribution is -2.02. The zero-order valence-corrected chi connectivity index (χ0v) is 9.78. The summed E-state index contributed by atoms with van der Waals surface area (Å²) in [5.41, 5.74) is 2.29. The van der Waals surface area contributed by atoms with Gasteiger partial charge in [0.05, 0.1) is 0 Å². The minimum Gasteiger partial charge on any atom is -0.381 e. The van der Waals surface area contributed by atoms with E-state index in [4.69, 9.17) is 16.9 Å². The molecule has 1 heterocycles. The van der Waals surface area contributed by atoms with Gasteiger partial charge in [0, 0.05) is 29.0 Å². The van der Waals surface area contributed by atoms with Crippen molar-refractivity contribution in [2.45, 2.75) is 6.54 Å². The normalized spacial score (nSPS) is 9.65. The molecule has 0 unspecified atom stereocenters. The number of halogens is 1. The third kappa shape index (κ3) is 2.96. The monoisotopic (exact) mass is 243 g/mol. The Morgan fingerprint density at radius 3 is 2.71 bits per heavy atom. The molecule has 1 N–H and O–H groups in total. The fourth-order valence-corrected chi connectivity index (χ4v) is 1.57. The fourth-order valence-electron chi connectivity index (χ4n) is 1.45. The van der Waals surface area contributed by atoms with Crippen LogP contribution in [-0.4, -0.2) is 4.98 Å². The number of pyridine rings is 1. The van der Waals surface area contributed by atoms with Gasteiger partial charge in [0.15, 0.2) is 0 Å². The maximum atomic E-state index is 8.89. The van der Waals surface area contributed by atoms with Gasteiger partial charge in [0.2, 0.25) is 0 Å². The summed E-state index contributed by atoms with van der Waals surface area (Å²) in [5, 5.41) is 12.8. The van der Waals surface area contributed by atoms with Crippen molar-refractivity contribution in [2.75, 3.05) is 5.32 Å². The molecule has 1 aromatic carbocycles. The predicted molar refractivity (Wildman–Crippen MR) is 67.7 cm³/mol. The van der Waals surface area contributed by atoms with Crippen molar-refractivity contribution >= 4 is 17.3 Å². The second-order valence-electron chi connectivity index (χ2n) is 3.48. The summed E-state index contributed by atoms with van der Waals surface area (Å²) in [5.74, 6) is 0. The van der Waals surface area contributed by atoms with E-state index in [-0.39, 0.29) is 0 Å². The lowest BCUT2D eigenvalue weighted by Gasteiger charge is -2.07. The second-order valence-corrected chi connectivity index (χ2v) is 3.92. The van der Waals surface area contributed by atoms with Gasteiger partial charge >= 0.3 is 0 Å². The zero-order chi connectivity index (χ0) is 12.1. The number of rotatable bonds is 3. The van der Waals surface area contributed by atoms with Crippen LogP contribution in [0.4, 0.5) is 5.69 Å². The molecule has 4 heteroatoms. The fraction of sp³-hybridized carbons (Fsp3) is 0.0769. The number of nitrogens with one attached hydrogen (secondary N) is 1. The maximum Gasteiger partial charge on any atom is 0.145 e. The summed E-state index contributed by atoms with van der Waals surface area (Å²) < 4.78 is 0. The molecule has 2 aromatic rings. The standard InChI is InChI=1S/C13H10ClN3/c14-11-3-5-12(6-4-11)17-9-10-2-1-7-16-13(10)8-15/h1-7,17H,9H2. The third-order valence-corrected chi connectivity index (χ3v) is 2.58. The van der Waals surface area contributed by atoms with Gasteiger partial charge < -0.3 is 5.32 Å². The average molecular weight is 244 g/mol.